The van der Waals surface area contributed by atoms with Crippen molar-refractivity contribution in [2.45, 2.75) is 71.7 Å². The van der Waals surface area contributed by atoms with Crippen LogP contribution in [0, 0.1) is 42.9 Å². The van der Waals surface area contributed by atoms with Gasteiger partial charge in [-0.3, -0.25) is 19.2 Å². The highest BCUT2D eigenvalue weighted by molar-refractivity contribution is 5.98. The number of hydrogen-bond donors (Lipinski definition) is 3. The van der Waals surface area contributed by atoms with Crippen molar-refractivity contribution in [1.29, 1.82) is 0 Å². The van der Waals surface area contributed by atoms with Crippen LogP contribution in [0.3, 0.4) is 0 Å². The van der Waals surface area contributed by atoms with Gasteiger partial charge in [0.2, 0.25) is 12.4 Å². The van der Waals surface area contributed by atoms with Gasteiger partial charge < -0.3 is 87.0 Å². The Hall–Kier alpha value is -6.00. The number of carbonyl (C=O) groups is 4. The summed E-state index contributed by atoms with van der Waals surface area (Å²) in [6.07, 6.45) is 10.9. The molecule has 28 heteroatoms. The Kier molecular flexibility index (Phi) is 55.4. The molecule has 1 aromatic rings. The highest BCUT2D eigenvalue weighted by Crippen LogP contribution is 2.34. The maximum absolute atomic E-state index is 13.2. The summed E-state index contributed by atoms with van der Waals surface area (Å²) in [5, 5.41) is 24.6. The predicted octanol–water partition coefficient (Wildman–Crippen LogP) is 2.95. The van der Waals surface area contributed by atoms with Gasteiger partial charge in [-0.05, 0) is 42.1 Å². The van der Waals surface area contributed by atoms with Crippen molar-refractivity contribution in [2.24, 2.45) is 21.9 Å². The van der Waals surface area contributed by atoms with Crippen LogP contribution >= 0.6 is 0 Å². The minimum atomic E-state index is -1.38. The number of Topliss-reactive ketones (excluding diaryl/α,β-unsaturated/α-hetero) is 2. The molecule has 0 bridgehead atoms. The Labute approximate surface area is 481 Å². The first kappa shape index (κ1) is 78.1. The first-order valence-electron chi connectivity index (χ1n) is 26.3. The van der Waals surface area contributed by atoms with Crippen LogP contribution in [-0.4, -0.2) is 230 Å². The Bertz CT molecular complexity index is 2040. The number of ketones is 2. The number of carbonyl (C=O) groups excluding carboxylic acids is 4. The van der Waals surface area contributed by atoms with E-state index in [1.807, 2.05) is 0 Å². The number of nitrogens with zero attached hydrogens (tertiary/aromatic N) is 6. The van der Waals surface area contributed by atoms with Crippen LogP contribution in [-0.2, 0) is 87.3 Å². The van der Waals surface area contributed by atoms with Crippen LogP contribution in [0.1, 0.15) is 56.5 Å². The van der Waals surface area contributed by atoms with E-state index in [2.05, 4.69) is 37.8 Å². The molecule has 5 atom stereocenters. The lowest BCUT2D eigenvalue weighted by Crippen LogP contribution is -2.59. The van der Waals surface area contributed by atoms with Gasteiger partial charge in [-0.1, -0.05) is 41.0 Å². The lowest BCUT2D eigenvalue weighted by molar-refractivity contribution is -0.261. The summed E-state index contributed by atoms with van der Waals surface area (Å²) in [4.78, 5) is 54.5. The summed E-state index contributed by atoms with van der Waals surface area (Å²) in [6, 6.07) is 4.54. The van der Waals surface area contributed by atoms with Gasteiger partial charge in [-0.15, -0.1) is 19.3 Å². The third kappa shape index (κ3) is 45.6. The lowest BCUT2D eigenvalue weighted by Gasteiger charge is -2.43. The highest BCUT2D eigenvalue weighted by Gasteiger charge is 2.50. The van der Waals surface area contributed by atoms with Crippen molar-refractivity contribution in [3.05, 3.63) is 50.2 Å². The Morgan fingerprint density at radius 1 is 0.610 bits per heavy atom. The molecule has 28 nitrogen and oxygen atoms in total. The average Bonchev–Trinajstić information content (AvgIpc) is 3.67. The molecule has 1 aliphatic heterocycles. The van der Waals surface area contributed by atoms with E-state index in [-0.39, 0.29) is 49.1 Å². The third-order valence-electron chi connectivity index (χ3n) is 9.79. The second-order valence-electron chi connectivity index (χ2n) is 16.3. The quantitative estimate of drug-likeness (QED) is 0.0161. The Morgan fingerprint density at radius 2 is 1.02 bits per heavy atom. The molecule has 1 aromatic carbocycles. The van der Waals surface area contributed by atoms with Crippen molar-refractivity contribution in [3.8, 4) is 42.8 Å². The summed E-state index contributed by atoms with van der Waals surface area (Å²) < 4.78 is 79.2. The number of esters is 2. The van der Waals surface area contributed by atoms with Crippen molar-refractivity contribution < 1.29 is 100 Å². The highest BCUT2D eigenvalue weighted by atomic mass is 16.7. The van der Waals surface area contributed by atoms with Gasteiger partial charge in [-0.25, -0.2) is 0 Å². The second-order valence-corrected chi connectivity index (χ2v) is 16.3. The summed E-state index contributed by atoms with van der Waals surface area (Å²) >= 11 is 0. The number of benzene rings is 1. The predicted molar refractivity (Wildman–Crippen MR) is 296 cm³/mol. The molecule has 1 fully saturated rings. The SMILES string of the molecule is C#CCOCCOCCOCCCC(=O)c1cc(CO)ccc1O[C@@H]1O[C@H](C(C)=O)[C@@H](C)[C@H](OC(C)=O)[C@H]1OC(C)=O.C#CCOCCOCCOCCN.C#CCOCCOCCOCCN=[N+]=[N-].[N-]=[N+]=NCCOCCOCCO. The molecule has 0 aliphatic carbocycles. The van der Waals surface area contributed by atoms with Gasteiger partial charge in [0.1, 0.15) is 31.7 Å². The molecule has 1 saturated heterocycles. The van der Waals surface area contributed by atoms with Crippen molar-refractivity contribution in [1.82, 2.24) is 0 Å². The zero-order valence-corrected chi connectivity index (χ0v) is 47.8. The van der Waals surface area contributed by atoms with E-state index in [1.165, 1.54) is 32.9 Å². The molecule has 0 spiro atoms. The monoisotopic (exact) mass is 1170 g/mol. The summed E-state index contributed by atoms with van der Waals surface area (Å²) in [5.74, 6) is 4.56. The molecule has 0 unspecified atom stereocenters. The van der Waals surface area contributed by atoms with Crippen LogP contribution in [0.25, 0.3) is 20.9 Å². The van der Waals surface area contributed by atoms with Crippen LogP contribution in [0.15, 0.2) is 28.4 Å². The van der Waals surface area contributed by atoms with E-state index >= 15 is 0 Å². The summed E-state index contributed by atoms with van der Waals surface area (Å²) in [6.45, 7) is 15.8. The molecule has 82 heavy (non-hydrogen) atoms. The summed E-state index contributed by atoms with van der Waals surface area (Å²) in [5.41, 5.74) is 21.7. The minimum absolute atomic E-state index is 0.0265. The van der Waals surface area contributed by atoms with Gasteiger partial charge >= 0.3 is 11.9 Å². The zero-order chi connectivity index (χ0) is 61.1. The van der Waals surface area contributed by atoms with Crippen LogP contribution in [0.2, 0.25) is 0 Å². The number of azide groups is 2. The molecule has 0 aromatic heterocycles. The molecular weight excluding hydrogens is 1080 g/mol. The smallest absolute Gasteiger partial charge is 0.303 e. The maximum Gasteiger partial charge on any atom is 0.303 e. The topological polar surface area (TPSA) is 371 Å². The fourth-order valence-electron chi connectivity index (χ4n) is 6.29. The summed E-state index contributed by atoms with van der Waals surface area (Å²) in [7, 11) is 0. The molecule has 4 N–H and O–H groups in total. The second kappa shape index (κ2) is 58.2. The third-order valence-corrected chi connectivity index (χ3v) is 9.79. The maximum atomic E-state index is 13.2. The molecule has 2 rings (SSSR count). The number of hydrogen-bond acceptors (Lipinski definition) is 24. The molecule has 1 aliphatic rings. The van der Waals surface area contributed by atoms with E-state index in [1.54, 1.807) is 13.0 Å². The van der Waals surface area contributed by atoms with Crippen molar-refractivity contribution in [3.63, 3.8) is 0 Å². The van der Waals surface area contributed by atoms with E-state index in [9.17, 15) is 24.3 Å². The molecule has 0 saturated carbocycles. The average molecular weight is 1170 g/mol. The fraction of sp³-hybridized carbons (Fsp3) is 0.704. The van der Waals surface area contributed by atoms with Crippen molar-refractivity contribution in [2.75, 3.05) is 172 Å². The standard InChI is InChI=1S/C30H40O12.C9H15N3O3.C9H17NO3.C6H13N3O3/c1-6-11-36-13-15-38-16-14-37-12-7-8-25(35)24-17-23(18-31)9-10-26(24)41-30-29(40-22(5)34)28(39-21(4)33)19(2)27(42-30)20(3)32;1-2-4-13-6-8-15-9-7-14-5-3-11-12-10;1-2-4-11-6-8-13-9-7-12-5-3-10;7-9-8-1-3-11-5-6-12-4-2-10/h1,9-10,17,19,27-31H,7-8,11-16,18H2,2-5H3;1H,3-9H2;1H,3-10H2;10H,1-6H2/t19-,27+,28+,29-,30-;;;/m1.../s1. The number of aliphatic hydroxyl groups is 2. The van der Waals surface area contributed by atoms with E-state index in [4.69, 9.17) is 112 Å². The molecule has 462 valence electrons. The minimum Gasteiger partial charge on any atom is -0.460 e. The fourth-order valence-corrected chi connectivity index (χ4v) is 6.29. The Morgan fingerprint density at radius 3 is 1.43 bits per heavy atom. The molecule has 0 radical (unpaired) electrons. The number of rotatable bonds is 45. The molecule has 1 heterocycles. The number of nitrogens with two attached hydrogens (primary N) is 1. The van der Waals surface area contributed by atoms with Crippen molar-refractivity contribution >= 4 is 23.5 Å². The van der Waals surface area contributed by atoms with E-state index in [0.717, 1.165) is 0 Å². The Balaban J connectivity index is 0. The van der Waals surface area contributed by atoms with E-state index in [0.29, 0.717) is 170 Å². The van der Waals surface area contributed by atoms with Crippen LogP contribution < -0.4 is 10.5 Å². The number of terminal acetylenes is 3. The van der Waals surface area contributed by atoms with Gasteiger partial charge in [0, 0.05) is 62.3 Å². The van der Waals surface area contributed by atoms with Gasteiger partial charge in [0.15, 0.2) is 17.7 Å². The lowest BCUT2D eigenvalue weighted by atomic mass is 9.88. The first-order valence-corrected chi connectivity index (χ1v) is 26.3. The zero-order valence-electron chi connectivity index (χ0n) is 47.8. The van der Waals surface area contributed by atoms with Gasteiger partial charge in [0.05, 0.1) is 138 Å². The number of ether oxygens (including phenoxy) is 15. The molecular formula is C54H85N7O21. The van der Waals surface area contributed by atoms with Crippen LogP contribution in [0.4, 0.5) is 0 Å². The number of aliphatic hydroxyl groups excluding tert-OH is 2. The van der Waals surface area contributed by atoms with Gasteiger partial charge in [0.25, 0.3) is 0 Å². The van der Waals surface area contributed by atoms with Crippen LogP contribution in [0.5, 0.6) is 5.75 Å². The van der Waals surface area contributed by atoms with Gasteiger partial charge in [-0.2, -0.15) is 0 Å². The molecule has 0 amide bonds. The first-order chi connectivity index (χ1) is 39.8. The largest absolute Gasteiger partial charge is 0.460 e. The van der Waals surface area contributed by atoms with E-state index < -0.39 is 42.5 Å². The normalized spacial score (nSPS) is 15.7.